The zero-order chi connectivity index (χ0) is 40.9. The van der Waals surface area contributed by atoms with Crippen LogP contribution in [0.5, 0.6) is 11.5 Å². The maximum Gasteiger partial charge on any atom is 0.147 e. The Morgan fingerprint density at radius 3 is 1.85 bits per heavy atom. The summed E-state index contributed by atoms with van der Waals surface area (Å²) < 4.78 is 11.4. The minimum absolute atomic E-state index is 0.0143. The maximum atomic E-state index is 6.84. The van der Waals surface area contributed by atoms with Crippen molar-refractivity contribution in [3.05, 3.63) is 161 Å². The molecular formula is C53H47N5O. The Morgan fingerprint density at radius 1 is 0.508 bits per heavy atom. The predicted molar refractivity (Wildman–Crippen MR) is 245 cm³/mol. The van der Waals surface area contributed by atoms with Gasteiger partial charge in [0.2, 0.25) is 0 Å². The standard InChI is InChI=1S/C53H47N5O/c1-30-23-32(3)47(33(4)24-30)49-50(48-34(5)25-31(2)26-35(48)6)58-51-42(14-12-21-55-51)39-18-16-37(28-43(39)52(58)56-49)59-38-17-19-41-40-13-10-11-15-44(40)57(45(41)29-38)46-27-36(20-22-54-46)53(7,8)9/h10-29H,1-9H3. The Morgan fingerprint density at radius 2 is 1.14 bits per heavy atom. The minimum atomic E-state index is -0.0143. The van der Waals surface area contributed by atoms with Crippen LogP contribution in [0.25, 0.3) is 77.6 Å². The molecule has 5 aromatic heterocycles. The van der Waals surface area contributed by atoms with Gasteiger partial charge >= 0.3 is 0 Å². The summed E-state index contributed by atoms with van der Waals surface area (Å²) in [5.74, 6) is 2.36. The van der Waals surface area contributed by atoms with E-state index < -0.39 is 0 Å². The van der Waals surface area contributed by atoms with Crippen molar-refractivity contribution in [3.8, 4) is 39.8 Å². The van der Waals surface area contributed by atoms with Gasteiger partial charge in [-0.25, -0.2) is 15.0 Å². The first kappa shape index (κ1) is 36.5. The number of aryl methyl sites for hydroxylation is 6. The van der Waals surface area contributed by atoms with Crippen LogP contribution in [0.15, 0.2) is 122 Å². The first-order valence-corrected chi connectivity index (χ1v) is 20.4. The molecule has 5 aromatic carbocycles. The average Bonchev–Trinajstić information content (AvgIpc) is 3.73. The first-order chi connectivity index (χ1) is 28.4. The SMILES string of the molecule is Cc1cc(C)c(-c2nc3c4cc(Oc5ccc6c7ccccc7n(-c7cc(C(C)(C)C)ccn7)c6c5)ccc4c4cccnc4n3c2-c2c(C)cc(C)cc2C)c(C)c1. The van der Waals surface area contributed by atoms with Crippen LogP contribution in [-0.2, 0) is 5.41 Å². The number of rotatable bonds is 5. The van der Waals surface area contributed by atoms with E-state index in [4.69, 9.17) is 19.7 Å². The van der Waals surface area contributed by atoms with Crippen molar-refractivity contribution in [2.45, 2.75) is 67.7 Å². The molecular weight excluding hydrogens is 723 g/mol. The topological polar surface area (TPSA) is 57.2 Å². The Labute approximate surface area is 344 Å². The molecule has 59 heavy (non-hydrogen) atoms. The molecule has 0 bridgehead atoms. The number of benzene rings is 5. The number of ether oxygens (including phenoxy) is 1. The summed E-state index contributed by atoms with van der Waals surface area (Å²) in [6.45, 7) is 19.9. The fourth-order valence-corrected chi connectivity index (χ4v) is 9.52. The quantitative estimate of drug-likeness (QED) is 0.164. The zero-order valence-corrected chi connectivity index (χ0v) is 35.2. The van der Waals surface area contributed by atoms with Gasteiger partial charge in [0.1, 0.15) is 28.6 Å². The molecule has 0 saturated heterocycles. The van der Waals surface area contributed by atoms with E-state index in [0.717, 1.165) is 78.1 Å². The van der Waals surface area contributed by atoms with Crippen molar-refractivity contribution in [2.75, 3.05) is 0 Å². The molecule has 10 rings (SSSR count). The number of pyridine rings is 3. The lowest BCUT2D eigenvalue weighted by Crippen LogP contribution is -2.12. The Kier molecular flexibility index (Phi) is 8.29. The van der Waals surface area contributed by atoms with E-state index in [1.807, 2.05) is 18.5 Å². The highest BCUT2D eigenvalue weighted by Gasteiger charge is 2.26. The second-order valence-electron chi connectivity index (χ2n) is 17.4. The van der Waals surface area contributed by atoms with Crippen LogP contribution in [0.3, 0.4) is 0 Å². The lowest BCUT2D eigenvalue weighted by atomic mass is 9.88. The van der Waals surface area contributed by atoms with Crippen LogP contribution < -0.4 is 4.74 Å². The van der Waals surface area contributed by atoms with Gasteiger partial charge in [0.05, 0.1) is 22.4 Å². The fraction of sp³-hybridized carbons (Fsp3) is 0.189. The van der Waals surface area contributed by atoms with Crippen molar-refractivity contribution in [1.29, 1.82) is 0 Å². The zero-order valence-electron chi connectivity index (χ0n) is 35.2. The molecule has 0 aliphatic heterocycles. The Balaban J connectivity index is 1.21. The van der Waals surface area contributed by atoms with Crippen LogP contribution in [0.1, 0.15) is 59.7 Å². The van der Waals surface area contributed by atoms with Crippen LogP contribution in [0, 0.1) is 41.5 Å². The molecule has 5 heterocycles. The van der Waals surface area contributed by atoms with E-state index in [1.54, 1.807) is 0 Å². The van der Waals surface area contributed by atoms with Gasteiger partial charge in [0, 0.05) is 51.1 Å². The van der Waals surface area contributed by atoms with Gasteiger partial charge in [-0.05, 0) is 141 Å². The van der Waals surface area contributed by atoms with Crippen molar-refractivity contribution >= 4 is 49.3 Å². The van der Waals surface area contributed by atoms with Gasteiger partial charge in [-0.15, -0.1) is 0 Å². The molecule has 0 radical (unpaired) electrons. The molecule has 290 valence electrons. The summed E-state index contributed by atoms with van der Waals surface area (Å²) in [5, 5.41) is 5.46. The van der Waals surface area contributed by atoms with Gasteiger partial charge in [0.25, 0.3) is 0 Å². The van der Waals surface area contributed by atoms with Crippen LogP contribution in [-0.4, -0.2) is 23.9 Å². The average molecular weight is 770 g/mol. The molecule has 0 spiro atoms. The highest BCUT2D eigenvalue weighted by molar-refractivity contribution is 6.13. The molecule has 0 amide bonds. The molecule has 0 aliphatic rings. The number of imidazole rings is 1. The molecule has 0 unspecified atom stereocenters. The number of hydrogen-bond donors (Lipinski definition) is 0. The first-order valence-electron chi connectivity index (χ1n) is 20.4. The molecule has 0 saturated carbocycles. The Bertz CT molecular complexity index is 3310. The number of nitrogens with zero attached hydrogens (tertiary/aromatic N) is 5. The van der Waals surface area contributed by atoms with Crippen molar-refractivity contribution in [2.24, 2.45) is 0 Å². The minimum Gasteiger partial charge on any atom is -0.457 e. The van der Waals surface area contributed by atoms with E-state index >= 15 is 0 Å². The predicted octanol–water partition coefficient (Wildman–Crippen LogP) is 13.8. The third kappa shape index (κ3) is 5.88. The molecule has 6 nitrogen and oxygen atoms in total. The van der Waals surface area contributed by atoms with Gasteiger partial charge in [-0.1, -0.05) is 74.4 Å². The molecule has 0 N–H and O–H groups in total. The van der Waals surface area contributed by atoms with E-state index in [9.17, 15) is 0 Å². The lowest BCUT2D eigenvalue weighted by Gasteiger charge is -2.20. The fourth-order valence-electron chi connectivity index (χ4n) is 9.52. The normalized spacial score (nSPS) is 12.2. The second-order valence-corrected chi connectivity index (χ2v) is 17.4. The molecule has 6 heteroatoms. The number of fused-ring (bicyclic) bond motifs is 9. The second kappa shape index (κ2) is 13.4. The van der Waals surface area contributed by atoms with E-state index in [0.29, 0.717) is 0 Å². The highest BCUT2D eigenvalue weighted by atomic mass is 16.5. The largest absolute Gasteiger partial charge is 0.457 e. The summed E-state index contributed by atoms with van der Waals surface area (Å²) in [6.07, 6.45) is 3.80. The van der Waals surface area contributed by atoms with Crippen molar-refractivity contribution < 1.29 is 4.74 Å². The van der Waals surface area contributed by atoms with Crippen LogP contribution in [0.2, 0.25) is 0 Å². The third-order valence-electron chi connectivity index (χ3n) is 11.9. The Hall–Kier alpha value is -6.79. The molecule has 0 atom stereocenters. The summed E-state index contributed by atoms with van der Waals surface area (Å²) in [7, 11) is 0. The lowest BCUT2D eigenvalue weighted by molar-refractivity contribution is 0.484. The van der Waals surface area contributed by atoms with Crippen LogP contribution >= 0.6 is 0 Å². The highest BCUT2D eigenvalue weighted by Crippen LogP contribution is 2.44. The van der Waals surface area contributed by atoms with Gasteiger partial charge in [0.15, 0.2) is 0 Å². The van der Waals surface area contributed by atoms with Crippen molar-refractivity contribution in [3.63, 3.8) is 0 Å². The smallest absolute Gasteiger partial charge is 0.147 e. The summed E-state index contributed by atoms with van der Waals surface area (Å²) in [6, 6.07) is 38.9. The van der Waals surface area contributed by atoms with Gasteiger partial charge < -0.3 is 4.74 Å². The molecule has 0 aliphatic carbocycles. The number of hydrogen-bond acceptors (Lipinski definition) is 4. The van der Waals surface area contributed by atoms with Gasteiger partial charge in [-0.3, -0.25) is 8.97 Å². The molecule has 10 aromatic rings. The number of para-hydroxylation sites is 1. The summed E-state index contributed by atoms with van der Waals surface area (Å²) in [5.41, 5.74) is 16.8. The summed E-state index contributed by atoms with van der Waals surface area (Å²) >= 11 is 0. The number of aromatic nitrogens is 5. The monoisotopic (exact) mass is 769 g/mol. The van der Waals surface area contributed by atoms with Gasteiger partial charge in [-0.2, -0.15) is 0 Å². The third-order valence-corrected chi connectivity index (χ3v) is 11.9. The van der Waals surface area contributed by atoms with E-state index in [1.165, 1.54) is 49.9 Å². The van der Waals surface area contributed by atoms with E-state index in [-0.39, 0.29) is 5.41 Å². The van der Waals surface area contributed by atoms with Crippen molar-refractivity contribution in [1.82, 2.24) is 23.9 Å². The summed E-state index contributed by atoms with van der Waals surface area (Å²) in [4.78, 5) is 15.6. The van der Waals surface area contributed by atoms with Crippen LogP contribution in [0.4, 0.5) is 0 Å². The maximum absolute atomic E-state index is 6.84. The molecule has 0 fully saturated rings. The van der Waals surface area contributed by atoms with E-state index in [2.05, 4.69) is 174 Å².